The van der Waals surface area contributed by atoms with Crippen molar-refractivity contribution < 1.29 is 4.74 Å². The van der Waals surface area contributed by atoms with Crippen LogP contribution in [0.25, 0.3) is 0 Å². The Kier molecular flexibility index (Phi) is 2.13. The number of piperidine rings is 1. The van der Waals surface area contributed by atoms with E-state index in [0.717, 1.165) is 31.3 Å². The fourth-order valence-corrected chi connectivity index (χ4v) is 2.96. The minimum atomic E-state index is 0.671. The Labute approximate surface area is 89.9 Å². The molecule has 80 valence electrons. The van der Waals surface area contributed by atoms with Gasteiger partial charge in [-0.1, -0.05) is 0 Å². The summed E-state index contributed by atoms with van der Waals surface area (Å²) in [5.74, 6) is 2.28. The number of nitrogens with zero attached hydrogens (tertiary/aromatic N) is 1. The first-order valence-electron chi connectivity index (χ1n) is 5.61. The standard InChI is InChI=1S/C12H16N2O/c1-15-12-11-5-8-4-9(7-13-6-8)10(11)2-3-14-12/h2-3,8-9,13H,4-7H2,1H3/t8-,9?/m0/s1. The zero-order valence-electron chi connectivity index (χ0n) is 8.99. The molecule has 3 heteroatoms. The van der Waals surface area contributed by atoms with Gasteiger partial charge < -0.3 is 10.1 Å². The van der Waals surface area contributed by atoms with Gasteiger partial charge in [-0.2, -0.15) is 0 Å². The lowest BCUT2D eigenvalue weighted by molar-refractivity contribution is 0.306. The minimum absolute atomic E-state index is 0.671. The maximum atomic E-state index is 5.35. The average Bonchev–Trinajstić information content (AvgIpc) is 2.29. The third-order valence-electron chi connectivity index (χ3n) is 3.62. The number of aromatic nitrogens is 1. The maximum absolute atomic E-state index is 5.35. The van der Waals surface area contributed by atoms with Crippen LogP contribution in [0, 0.1) is 5.92 Å². The van der Waals surface area contributed by atoms with E-state index in [1.54, 1.807) is 7.11 Å². The third-order valence-corrected chi connectivity index (χ3v) is 3.62. The Morgan fingerprint density at radius 3 is 3.27 bits per heavy atom. The summed E-state index contributed by atoms with van der Waals surface area (Å²) in [6.07, 6.45) is 4.32. The SMILES string of the molecule is COc1nccc2c1C[C@H]1CNCC2C1. The molecular formula is C12H16N2O. The molecular weight excluding hydrogens is 188 g/mol. The van der Waals surface area contributed by atoms with E-state index >= 15 is 0 Å². The summed E-state index contributed by atoms with van der Waals surface area (Å²) < 4.78 is 5.35. The quantitative estimate of drug-likeness (QED) is 0.749. The van der Waals surface area contributed by atoms with E-state index in [4.69, 9.17) is 4.74 Å². The molecule has 1 N–H and O–H groups in total. The molecule has 3 nitrogen and oxygen atoms in total. The van der Waals surface area contributed by atoms with Crippen LogP contribution in [0.5, 0.6) is 5.88 Å². The van der Waals surface area contributed by atoms with Gasteiger partial charge in [0.25, 0.3) is 0 Å². The van der Waals surface area contributed by atoms with Crippen LogP contribution in [0.3, 0.4) is 0 Å². The zero-order chi connectivity index (χ0) is 10.3. The van der Waals surface area contributed by atoms with Crippen LogP contribution in [0.2, 0.25) is 0 Å². The number of fused-ring (bicyclic) bond motifs is 4. The molecule has 2 heterocycles. The van der Waals surface area contributed by atoms with Gasteiger partial charge in [-0.05, 0) is 42.9 Å². The smallest absolute Gasteiger partial charge is 0.216 e. The van der Waals surface area contributed by atoms with Crippen LogP contribution < -0.4 is 10.1 Å². The second kappa shape index (κ2) is 3.49. The second-order valence-electron chi connectivity index (χ2n) is 4.55. The predicted molar refractivity (Wildman–Crippen MR) is 58.2 cm³/mol. The fraction of sp³-hybridized carbons (Fsp3) is 0.583. The van der Waals surface area contributed by atoms with Gasteiger partial charge in [-0.3, -0.25) is 0 Å². The Hall–Kier alpha value is -1.09. The monoisotopic (exact) mass is 204 g/mol. The van der Waals surface area contributed by atoms with Gasteiger partial charge in [0.05, 0.1) is 7.11 Å². The van der Waals surface area contributed by atoms with Gasteiger partial charge in [0, 0.05) is 18.3 Å². The molecule has 1 fully saturated rings. The highest BCUT2D eigenvalue weighted by Crippen LogP contribution is 2.39. The van der Waals surface area contributed by atoms with Gasteiger partial charge in [0.15, 0.2) is 0 Å². The summed E-state index contributed by atoms with van der Waals surface area (Å²) in [4.78, 5) is 4.30. The first-order chi connectivity index (χ1) is 7.38. The molecule has 3 rings (SSSR count). The number of methoxy groups -OCH3 is 1. The number of pyridine rings is 1. The summed E-state index contributed by atoms with van der Waals surface area (Å²) in [5, 5.41) is 3.50. The van der Waals surface area contributed by atoms with Crippen LogP contribution >= 0.6 is 0 Å². The molecule has 2 bridgehead atoms. The molecule has 0 spiro atoms. The molecule has 2 atom stereocenters. The lowest BCUT2D eigenvalue weighted by Gasteiger charge is -2.36. The molecule has 1 saturated heterocycles. The maximum Gasteiger partial charge on any atom is 0.216 e. The highest BCUT2D eigenvalue weighted by Gasteiger charge is 2.32. The molecule has 15 heavy (non-hydrogen) atoms. The van der Waals surface area contributed by atoms with Crippen molar-refractivity contribution in [1.82, 2.24) is 10.3 Å². The summed E-state index contributed by atoms with van der Waals surface area (Å²) in [6, 6.07) is 2.16. The Morgan fingerprint density at radius 1 is 1.47 bits per heavy atom. The number of hydrogen-bond donors (Lipinski definition) is 1. The Balaban J connectivity index is 2.08. The van der Waals surface area contributed by atoms with Crippen molar-refractivity contribution in [3.05, 3.63) is 23.4 Å². The molecule has 1 unspecified atom stereocenters. The van der Waals surface area contributed by atoms with Gasteiger partial charge in [-0.15, -0.1) is 0 Å². The van der Waals surface area contributed by atoms with Crippen LogP contribution in [-0.2, 0) is 6.42 Å². The summed E-state index contributed by atoms with van der Waals surface area (Å²) >= 11 is 0. The number of hydrogen-bond acceptors (Lipinski definition) is 3. The van der Waals surface area contributed by atoms with Crippen molar-refractivity contribution in [3.63, 3.8) is 0 Å². The van der Waals surface area contributed by atoms with E-state index in [2.05, 4.69) is 16.4 Å². The summed E-state index contributed by atoms with van der Waals surface area (Å²) in [5.41, 5.74) is 2.80. The molecule has 0 aromatic carbocycles. The largest absolute Gasteiger partial charge is 0.481 e. The Morgan fingerprint density at radius 2 is 2.40 bits per heavy atom. The molecule has 1 aliphatic heterocycles. The highest BCUT2D eigenvalue weighted by molar-refractivity contribution is 5.40. The third kappa shape index (κ3) is 1.42. The van der Waals surface area contributed by atoms with Gasteiger partial charge >= 0.3 is 0 Å². The van der Waals surface area contributed by atoms with E-state index < -0.39 is 0 Å². The summed E-state index contributed by atoms with van der Waals surface area (Å²) in [6.45, 7) is 2.25. The van der Waals surface area contributed by atoms with E-state index in [1.807, 2.05) is 6.20 Å². The number of ether oxygens (including phenoxy) is 1. The molecule has 1 aliphatic carbocycles. The second-order valence-corrected chi connectivity index (χ2v) is 4.55. The first kappa shape index (κ1) is 9.16. The van der Waals surface area contributed by atoms with E-state index in [1.165, 1.54) is 17.5 Å². The normalized spacial score (nSPS) is 28.3. The van der Waals surface area contributed by atoms with Crippen LogP contribution in [0.15, 0.2) is 12.3 Å². The van der Waals surface area contributed by atoms with Crippen LogP contribution in [0.4, 0.5) is 0 Å². The summed E-state index contributed by atoms with van der Waals surface area (Å²) in [7, 11) is 1.71. The van der Waals surface area contributed by atoms with E-state index in [-0.39, 0.29) is 0 Å². The van der Waals surface area contributed by atoms with Gasteiger partial charge in [0.2, 0.25) is 5.88 Å². The fourth-order valence-electron chi connectivity index (χ4n) is 2.96. The molecule has 0 amide bonds. The van der Waals surface area contributed by atoms with Gasteiger partial charge in [-0.25, -0.2) is 4.98 Å². The van der Waals surface area contributed by atoms with Crippen molar-refractivity contribution in [2.75, 3.05) is 20.2 Å². The molecule has 1 aromatic heterocycles. The van der Waals surface area contributed by atoms with Crippen molar-refractivity contribution in [3.8, 4) is 5.88 Å². The lowest BCUT2D eigenvalue weighted by Crippen LogP contribution is -2.39. The Bertz CT molecular complexity index is 378. The highest BCUT2D eigenvalue weighted by atomic mass is 16.5. The topological polar surface area (TPSA) is 34.1 Å². The number of rotatable bonds is 1. The van der Waals surface area contributed by atoms with Crippen LogP contribution in [0.1, 0.15) is 23.5 Å². The lowest BCUT2D eigenvalue weighted by atomic mass is 9.75. The molecule has 1 aromatic rings. The first-order valence-corrected chi connectivity index (χ1v) is 5.61. The predicted octanol–water partition coefficient (Wildman–Crippen LogP) is 1.34. The van der Waals surface area contributed by atoms with Crippen molar-refractivity contribution >= 4 is 0 Å². The van der Waals surface area contributed by atoms with Crippen molar-refractivity contribution in [1.29, 1.82) is 0 Å². The van der Waals surface area contributed by atoms with Crippen molar-refractivity contribution in [2.45, 2.75) is 18.8 Å². The van der Waals surface area contributed by atoms with E-state index in [0.29, 0.717) is 5.92 Å². The van der Waals surface area contributed by atoms with E-state index in [9.17, 15) is 0 Å². The molecule has 2 aliphatic rings. The van der Waals surface area contributed by atoms with Gasteiger partial charge in [0.1, 0.15) is 0 Å². The zero-order valence-corrected chi connectivity index (χ0v) is 8.99. The molecule has 0 radical (unpaired) electrons. The average molecular weight is 204 g/mol. The minimum Gasteiger partial charge on any atom is -0.481 e. The molecule has 0 saturated carbocycles. The van der Waals surface area contributed by atoms with Crippen molar-refractivity contribution in [2.24, 2.45) is 5.92 Å². The van der Waals surface area contributed by atoms with Crippen LogP contribution in [-0.4, -0.2) is 25.2 Å². The number of nitrogens with one attached hydrogen (secondary N) is 1.